The SMILES string of the molecule is CC1=C(c2ccc(C#N)c(O)c2)C(c2ccc(OC[C@H](C)N3CC[C@@H](C)C3)cc2)Oc2ccc(O)c(F)c21. The van der Waals surface area contributed by atoms with E-state index in [0.717, 1.165) is 30.3 Å². The second kappa shape index (κ2) is 10.4. The van der Waals surface area contributed by atoms with Crippen LogP contribution in [0.1, 0.15) is 55.5 Å². The Kier molecular flexibility index (Phi) is 7.00. The molecule has 5 rings (SSSR count). The molecule has 0 radical (unpaired) electrons. The summed E-state index contributed by atoms with van der Waals surface area (Å²) in [6.07, 6.45) is 0.608. The summed E-state index contributed by atoms with van der Waals surface area (Å²) >= 11 is 0. The minimum atomic E-state index is -0.765. The molecule has 0 bridgehead atoms. The number of rotatable bonds is 6. The minimum Gasteiger partial charge on any atom is -0.507 e. The number of ether oxygens (including phenoxy) is 2. The number of phenols is 2. The van der Waals surface area contributed by atoms with Crippen LogP contribution in [0.25, 0.3) is 11.1 Å². The molecule has 0 spiro atoms. The average Bonchev–Trinajstić information content (AvgIpc) is 3.35. The van der Waals surface area contributed by atoms with E-state index < -0.39 is 17.7 Å². The van der Waals surface area contributed by atoms with Crippen LogP contribution < -0.4 is 9.47 Å². The lowest BCUT2D eigenvalue weighted by atomic mass is 9.85. The average molecular weight is 515 g/mol. The standard InChI is InChI=1S/C31H31FN2O4/c1-18-12-13-34(16-18)19(2)17-37-24-8-6-21(7-9-24)31-28(22-4-5-23(15-33)26(36)14-22)20(3)29-27(38-31)11-10-25(35)30(29)32/h4-11,14,18-19,31,35-36H,12-13,16-17H2,1-3H3/t18-,19+,31?/m1/s1. The van der Waals surface area contributed by atoms with E-state index in [1.807, 2.05) is 30.3 Å². The van der Waals surface area contributed by atoms with E-state index >= 15 is 4.39 Å². The third-order valence-corrected chi connectivity index (χ3v) is 7.55. The second-order valence-electron chi connectivity index (χ2n) is 10.3. The predicted octanol–water partition coefficient (Wildman–Crippen LogP) is 6.28. The molecule has 2 N–H and O–H groups in total. The van der Waals surface area contributed by atoms with Gasteiger partial charge in [-0.1, -0.05) is 25.1 Å². The molecule has 196 valence electrons. The van der Waals surface area contributed by atoms with Crippen LogP contribution in [0, 0.1) is 23.1 Å². The van der Waals surface area contributed by atoms with E-state index in [4.69, 9.17) is 9.47 Å². The zero-order valence-corrected chi connectivity index (χ0v) is 21.7. The van der Waals surface area contributed by atoms with E-state index in [-0.39, 0.29) is 16.9 Å². The highest BCUT2D eigenvalue weighted by Gasteiger charge is 2.32. The van der Waals surface area contributed by atoms with Gasteiger partial charge in [0.2, 0.25) is 0 Å². The first-order chi connectivity index (χ1) is 18.3. The molecule has 0 aromatic heterocycles. The first kappa shape index (κ1) is 25.6. The Bertz CT molecular complexity index is 1430. The summed E-state index contributed by atoms with van der Waals surface area (Å²) in [6, 6.07) is 17.4. The summed E-state index contributed by atoms with van der Waals surface area (Å²) in [6.45, 7) is 9.02. The lowest BCUT2D eigenvalue weighted by molar-refractivity contribution is 0.169. The van der Waals surface area contributed by atoms with Gasteiger partial charge in [0.25, 0.3) is 0 Å². The van der Waals surface area contributed by atoms with E-state index in [9.17, 15) is 15.5 Å². The van der Waals surface area contributed by atoms with Gasteiger partial charge in [-0.2, -0.15) is 5.26 Å². The predicted molar refractivity (Wildman–Crippen MR) is 143 cm³/mol. The van der Waals surface area contributed by atoms with Gasteiger partial charge < -0.3 is 19.7 Å². The number of phenolic OH excluding ortho intramolecular Hbond substituents is 2. The van der Waals surface area contributed by atoms with Crippen LogP contribution in [0.4, 0.5) is 4.39 Å². The van der Waals surface area contributed by atoms with Crippen molar-refractivity contribution in [2.24, 2.45) is 5.92 Å². The van der Waals surface area contributed by atoms with E-state index in [0.29, 0.717) is 35.1 Å². The van der Waals surface area contributed by atoms with Crippen LogP contribution in [0.3, 0.4) is 0 Å². The second-order valence-corrected chi connectivity index (χ2v) is 10.3. The number of allylic oxidation sites excluding steroid dienone is 1. The summed E-state index contributed by atoms with van der Waals surface area (Å²) in [5.74, 6) is 0.386. The van der Waals surface area contributed by atoms with E-state index in [1.54, 1.807) is 19.1 Å². The molecule has 7 heteroatoms. The Morgan fingerprint density at radius 2 is 1.89 bits per heavy atom. The normalized spacial score (nSPS) is 20.0. The number of halogens is 1. The Balaban J connectivity index is 1.46. The smallest absolute Gasteiger partial charge is 0.176 e. The van der Waals surface area contributed by atoms with Crippen molar-refractivity contribution in [2.75, 3.05) is 19.7 Å². The fourth-order valence-electron chi connectivity index (χ4n) is 5.34. The Morgan fingerprint density at radius 1 is 1.13 bits per heavy atom. The monoisotopic (exact) mass is 514 g/mol. The summed E-state index contributed by atoms with van der Waals surface area (Å²) in [5.41, 5.74) is 2.92. The fraction of sp³-hybridized carbons (Fsp3) is 0.323. The van der Waals surface area contributed by atoms with Crippen LogP contribution in [0.5, 0.6) is 23.0 Å². The van der Waals surface area contributed by atoms with Crippen LogP contribution in [-0.4, -0.2) is 40.9 Å². The highest BCUT2D eigenvalue weighted by atomic mass is 19.1. The number of aromatic hydroxyl groups is 2. The molecule has 0 aliphatic carbocycles. The first-order valence-corrected chi connectivity index (χ1v) is 12.9. The zero-order valence-electron chi connectivity index (χ0n) is 21.7. The first-order valence-electron chi connectivity index (χ1n) is 12.9. The van der Waals surface area contributed by atoms with Crippen LogP contribution in [0.15, 0.2) is 54.6 Å². The van der Waals surface area contributed by atoms with Gasteiger partial charge in [-0.25, -0.2) is 4.39 Å². The van der Waals surface area contributed by atoms with Gasteiger partial charge in [-0.05, 0) is 85.8 Å². The van der Waals surface area contributed by atoms with Gasteiger partial charge in [-0.15, -0.1) is 0 Å². The van der Waals surface area contributed by atoms with Crippen molar-refractivity contribution >= 4 is 11.1 Å². The number of nitrogens with zero attached hydrogens (tertiary/aromatic N) is 2. The lowest BCUT2D eigenvalue weighted by Gasteiger charge is -2.31. The maximum absolute atomic E-state index is 15.0. The van der Waals surface area contributed by atoms with Crippen molar-refractivity contribution in [1.82, 2.24) is 4.90 Å². The van der Waals surface area contributed by atoms with E-state index in [1.165, 1.54) is 24.6 Å². The Morgan fingerprint density at radius 3 is 2.55 bits per heavy atom. The number of nitriles is 1. The van der Waals surface area contributed by atoms with E-state index in [2.05, 4.69) is 18.7 Å². The summed E-state index contributed by atoms with van der Waals surface area (Å²) in [4.78, 5) is 2.45. The van der Waals surface area contributed by atoms with Gasteiger partial charge in [0.15, 0.2) is 11.6 Å². The molecule has 0 amide bonds. The molecule has 3 atom stereocenters. The third kappa shape index (κ3) is 4.80. The lowest BCUT2D eigenvalue weighted by Crippen LogP contribution is -2.35. The van der Waals surface area contributed by atoms with Crippen molar-refractivity contribution in [3.63, 3.8) is 0 Å². The fourth-order valence-corrected chi connectivity index (χ4v) is 5.34. The van der Waals surface area contributed by atoms with Gasteiger partial charge >= 0.3 is 0 Å². The third-order valence-electron chi connectivity index (χ3n) is 7.55. The minimum absolute atomic E-state index is 0.142. The molecule has 1 unspecified atom stereocenters. The highest BCUT2D eigenvalue weighted by molar-refractivity contribution is 5.96. The molecule has 38 heavy (non-hydrogen) atoms. The van der Waals surface area contributed by atoms with Crippen molar-refractivity contribution in [1.29, 1.82) is 5.26 Å². The van der Waals surface area contributed by atoms with Crippen molar-refractivity contribution in [3.8, 4) is 29.1 Å². The largest absolute Gasteiger partial charge is 0.507 e. The van der Waals surface area contributed by atoms with Crippen LogP contribution in [0.2, 0.25) is 0 Å². The molecule has 1 fully saturated rings. The summed E-state index contributed by atoms with van der Waals surface area (Å²) in [5, 5.41) is 29.6. The van der Waals surface area contributed by atoms with Crippen LogP contribution >= 0.6 is 0 Å². The molecule has 0 saturated carbocycles. The van der Waals surface area contributed by atoms with Gasteiger partial charge in [-0.3, -0.25) is 4.90 Å². The molecule has 1 saturated heterocycles. The Hall–Kier alpha value is -4.02. The highest BCUT2D eigenvalue weighted by Crippen LogP contribution is 2.49. The summed E-state index contributed by atoms with van der Waals surface area (Å²) in [7, 11) is 0. The molecule has 3 aromatic carbocycles. The molecular weight excluding hydrogens is 483 g/mol. The number of fused-ring (bicyclic) bond motifs is 1. The van der Waals surface area contributed by atoms with Crippen LogP contribution in [-0.2, 0) is 0 Å². The maximum atomic E-state index is 15.0. The van der Waals surface area contributed by atoms with Gasteiger partial charge in [0.05, 0.1) is 11.1 Å². The van der Waals surface area contributed by atoms with Crippen molar-refractivity contribution in [2.45, 2.75) is 39.3 Å². The molecule has 2 heterocycles. The van der Waals surface area contributed by atoms with Gasteiger partial charge in [0, 0.05) is 18.2 Å². The van der Waals surface area contributed by atoms with Gasteiger partial charge in [0.1, 0.15) is 36.0 Å². The molecular formula is C31H31FN2O4. The maximum Gasteiger partial charge on any atom is 0.176 e. The molecule has 2 aliphatic heterocycles. The number of likely N-dealkylation sites (tertiary alicyclic amines) is 1. The molecule has 3 aromatic rings. The molecule has 6 nitrogen and oxygen atoms in total. The zero-order chi connectivity index (χ0) is 27.0. The number of hydrogen-bond acceptors (Lipinski definition) is 6. The number of benzene rings is 3. The van der Waals surface area contributed by atoms with Crippen molar-refractivity contribution < 1.29 is 24.1 Å². The quantitative estimate of drug-likeness (QED) is 0.403. The molecule has 2 aliphatic rings. The number of hydrogen-bond donors (Lipinski definition) is 2. The topological polar surface area (TPSA) is 86.0 Å². The van der Waals surface area contributed by atoms with Crippen molar-refractivity contribution in [3.05, 3.63) is 82.7 Å². The Labute approximate surface area is 222 Å². The summed E-state index contributed by atoms with van der Waals surface area (Å²) < 4.78 is 27.4.